The van der Waals surface area contributed by atoms with Crippen molar-refractivity contribution < 1.29 is 9.59 Å². The van der Waals surface area contributed by atoms with Crippen LogP contribution in [0.5, 0.6) is 0 Å². The summed E-state index contributed by atoms with van der Waals surface area (Å²) in [7, 11) is 0. The summed E-state index contributed by atoms with van der Waals surface area (Å²) in [5, 5.41) is 14.9. The molecule has 3 aromatic rings. The molecule has 0 atom stereocenters. The molecule has 0 unspecified atom stereocenters. The van der Waals surface area contributed by atoms with E-state index in [9.17, 15) is 9.59 Å². The zero-order chi connectivity index (χ0) is 21.7. The minimum atomic E-state index is -0.140. The number of thioether (sulfide) groups is 1. The van der Waals surface area contributed by atoms with E-state index in [1.807, 2.05) is 54.0 Å². The highest BCUT2D eigenvalue weighted by atomic mass is 79.9. The molecule has 2 N–H and O–H groups in total. The van der Waals surface area contributed by atoms with Crippen molar-refractivity contribution in [2.24, 2.45) is 0 Å². The maximum Gasteiger partial charge on any atom is 0.234 e. The number of hydrogen-bond donors (Lipinski definition) is 2. The zero-order valence-electron chi connectivity index (χ0n) is 16.3. The van der Waals surface area contributed by atoms with Gasteiger partial charge < -0.3 is 15.2 Å². The minimum absolute atomic E-state index is 0.136. The van der Waals surface area contributed by atoms with Crippen molar-refractivity contribution >= 4 is 66.8 Å². The van der Waals surface area contributed by atoms with Gasteiger partial charge in [0.15, 0.2) is 11.0 Å². The summed E-state index contributed by atoms with van der Waals surface area (Å²) in [6.45, 7) is 4.11. The van der Waals surface area contributed by atoms with Crippen LogP contribution in [0.4, 0.5) is 11.4 Å². The maximum absolute atomic E-state index is 12.4. The monoisotopic (exact) mass is 551 g/mol. The van der Waals surface area contributed by atoms with Crippen molar-refractivity contribution in [1.29, 1.82) is 0 Å². The number of halogens is 2. The molecule has 0 aliphatic carbocycles. The van der Waals surface area contributed by atoms with E-state index >= 15 is 0 Å². The second kappa shape index (κ2) is 10.2. The predicted octanol–water partition coefficient (Wildman–Crippen LogP) is 5.18. The molecule has 0 radical (unpaired) electrons. The second-order valence-corrected chi connectivity index (χ2v) is 8.99. The summed E-state index contributed by atoms with van der Waals surface area (Å²) in [4.78, 5) is 23.7. The molecule has 3 rings (SSSR count). The predicted molar refractivity (Wildman–Crippen MR) is 127 cm³/mol. The van der Waals surface area contributed by atoms with Gasteiger partial charge in [0, 0.05) is 33.7 Å². The lowest BCUT2D eigenvalue weighted by atomic mass is 10.2. The third-order valence-corrected chi connectivity index (χ3v) is 6.16. The van der Waals surface area contributed by atoms with Crippen LogP contribution in [0.25, 0.3) is 11.4 Å². The molecule has 0 fully saturated rings. The van der Waals surface area contributed by atoms with Gasteiger partial charge in [-0.3, -0.25) is 9.59 Å². The van der Waals surface area contributed by atoms with Crippen LogP contribution in [0.3, 0.4) is 0 Å². The van der Waals surface area contributed by atoms with Crippen LogP contribution in [0.1, 0.15) is 13.8 Å². The van der Waals surface area contributed by atoms with E-state index in [0.717, 1.165) is 14.5 Å². The molecule has 7 nitrogen and oxygen atoms in total. The number of benzene rings is 2. The molecule has 0 aliphatic rings. The number of hydrogen-bond acceptors (Lipinski definition) is 5. The highest BCUT2D eigenvalue weighted by Crippen LogP contribution is 2.28. The number of nitrogens with one attached hydrogen (secondary N) is 2. The smallest absolute Gasteiger partial charge is 0.234 e. The van der Waals surface area contributed by atoms with Gasteiger partial charge in [0.05, 0.1) is 11.4 Å². The van der Waals surface area contributed by atoms with E-state index < -0.39 is 0 Å². The summed E-state index contributed by atoms with van der Waals surface area (Å²) in [6.07, 6.45) is 0. The fourth-order valence-electron chi connectivity index (χ4n) is 2.74. The lowest BCUT2D eigenvalue weighted by Gasteiger charge is -2.10. The average Bonchev–Trinajstić information content (AvgIpc) is 3.12. The van der Waals surface area contributed by atoms with Gasteiger partial charge >= 0.3 is 0 Å². The van der Waals surface area contributed by atoms with Crippen LogP contribution in [0.2, 0.25) is 0 Å². The van der Waals surface area contributed by atoms with E-state index in [-0.39, 0.29) is 17.6 Å². The van der Waals surface area contributed by atoms with Crippen molar-refractivity contribution in [3.8, 4) is 11.4 Å². The number of amides is 2. The van der Waals surface area contributed by atoms with Gasteiger partial charge in [-0.25, -0.2) is 0 Å². The fourth-order valence-corrected chi connectivity index (χ4v) is 4.25. The van der Waals surface area contributed by atoms with Crippen LogP contribution in [-0.4, -0.2) is 32.3 Å². The Morgan fingerprint density at radius 3 is 2.63 bits per heavy atom. The zero-order valence-corrected chi connectivity index (χ0v) is 20.3. The van der Waals surface area contributed by atoms with E-state index in [1.165, 1.54) is 18.7 Å². The Balaban J connectivity index is 1.72. The van der Waals surface area contributed by atoms with Crippen molar-refractivity contribution in [3.63, 3.8) is 0 Å². The molecule has 10 heteroatoms. The van der Waals surface area contributed by atoms with Crippen LogP contribution < -0.4 is 10.6 Å². The Bertz CT molecular complexity index is 1090. The molecule has 30 heavy (non-hydrogen) atoms. The summed E-state index contributed by atoms with van der Waals surface area (Å²) >= 11 is 8.15. The number of anilines is 2. The average molecular weight is 553 g/mol. The van der Waals surface area contributed by atoms with E-state index in [4.69, 9.17) is 0 Å². The van der Waals surface area contributed by atoms with Crippen LogP contribution in [-0.2, 0) is 16.1 Å². The summed E-state index contributed by atoms with van der Waals surface area (Å²) in [5.74, 6) is 0.604. The van der Waals surface area contributed by atoms with E-state index in [0.29, 0.717) is 28.9 Å². The molecule has 156 valence electrons. The van der Waals surface area contributed by atoms with Gasteiger partial charge in [-0.1, -0.05) is 39.8 Å². The van der Waals surface area contributed by atoms with Gasteiger partial charge in [-0.2, -0.15) is 0 Å². The van der Waals surface area contributed by atoms with Gasteiger partial charge in [0.25, 0.3) is 0 Å². The van der Waals surface area contributed by atoms with E-state index in [1.54, 1.807) is 0 Å². The minimum Gasteiger partial charge on any atom is -0.326 e. The lowest BCUT2D eigenvalue weighted by molar-refractivity contribution is -0.114. The summed E-state index contributed by atoms with van der Waals surface area (Å²) in [5.41, 5.74) is 2.23. The Labute approximate surface area is 195 Å². The van der Waals surface area contributed by atoms with Crippen molar-refractivity contribution in [2.45, 2.75) is 25.5 Å². The molecule has 2 amide bonds. The number of aromatic nitrogens is 3. The fraction of sp³-hybridized carbons (Fsp3) is 0.200. The van der Waals surface area contributed by atoms with Crippen molar-refractivity contribution in [3.05, 3.63) is 51.4 Å². The first kappa shape index (κ1) is 22.5. The molecular weight excluding hydrogens is 534 g/mol. The Morgan fingerprint density at radius 1 is 1.10 bits per heavy atom. The first-order valence-electron chi connectivity index (χ1n) is 9.06. The van der Waals surface area contributed by atoms with Crippen LogP contribution in [0, 0.1) is 0 Å². The standard InChI is InChI=1S/C20H19Br2N5O2S/c1-3-27-19(13-5-4-6-15(9-13)23-12(2)28)25-26-20(27)30-11-18(29)24-17-10-14(21)7-8-16(17)22/h4-10H,3,11H2,1-2H3,(H,23,28)(H,24,29). The summed E-state index contributed by atoms with van der Waals surface area (Å²) in [6, 6.07) is 13.0. The molecule has 0 aliphatic heterocycles. The number of carbonyl (C=O) groups is 2. The van der Waals surface area contributed by atoms with Crippen molar-refractivity contribution in [1.82, 2.24) is 14.8 Å². The normalized spacial score (nSPS) is 10.7. The second-order valence-electron chi connectivity index (χ2n) is 6.27. The molecule has 0 saturated heterocycles. The number of carbonyl (C=O) groups excluding carboxylic acids is 2. The van der Waals surface area contributed by atoms with Gasteiger partial charge in [-0.05, 0) is 53.2 Å². The maximum atomic E-state index is 12.4. The molecule has 2 aromatic carbocycles. The number of nitrogens with zero attached hydrogens (tertiary/aromatic N) is 3. The summed E-state index contributed by atoms with van der Waals surface area (Å²) < 4.78 is 3.63. The Morgan fingerprint density at radius 2 is 1.90 bits per heavy atom. The number of rotatable bonds is 7. The highest BCUT2D eigenvalue weighted by Gasteiger charge is 2.15. The molecule has 1 aromatic heterocycles. The molecule has 0 saturated carbocycles. The third kappa shape index (κ3) is 5.71. The van der Waals surface area contributed by atoms with Crippen LogP contribution >= 0.6 is 43.6 Å². The molecule has 0 spiro atoms. The lowest BCUT2D eigenvalue weighted by Crippen LogP contribution is -2.15. The van der Waals surface area contributed by atoms with Crippen molar-refractivity contribution in [2.75, 3.05) is 16.4 Å². The van der Waals surface area contributed by atoms with E-state index in [2.05, 4.69) is 52.7 Å². The Hall–Kier alpha value is -2.17. The largest absolute Gasteiger partial charge is 0.326 e. The highest BCUT2D eigenvalue weighted by molar-refractivity contribution is 9.11. The topological polar surface area (TPSA) is 88.9 Å². The molecule has 1 heterocycles. The quantitative estimate of drug-likeness (QED) is 0.394. The van der Waals surface area contributed by atoms with Gasteiger partial charge in [0.1, 0.15) is 0 Å². The van der Waals surface area contributed by atoms with Gasteiger partial charge in [-0.15, -0.1) is 10.2 Å². The SMILES string of the molecule is CCn1c(SCC(=O)Nc2cc(Br)ccc2Br)nnc1-c1cccc(NC(C)=O)c1. The molecule has 0 bridgehead atoms. The van der Waals surface area contributed by atoms with Crippen LogP contribution in [0.15, 0.2) is 56.6 Å². The molecular formula is C20H19Br2N5O2S. The Kier molecular flexibility index (Phi) is 7.68. The van der Waals surface area contributed by atoms with Gasteiger partial charge in [0.2, 0.25) is 11.8 Å². The first-order chi connectivity index (χ1) is 14.4. The third-order valence-electron chi connectivity index (χ3n) is 4.01. The first-order valence-corrected chi connectivity index (χ1v) is 11.6.